The fourth-order valence-corrected chi connectivity index (χ4v) is 13.3. The van der Waals surface area contributed by atoms with Crippen molar-refractivity contribution in [2.75, 3.05) is 17.2 Å². The number of anilines is 3. The van der Waals surface area contributed by atoms with E-state index in [1.807, 2.05) is 0 Å². The lowest BCUT2D eigenvalue weighted by molar-refractivity contribution is 1.59. The van der Waals surface area contributed by atoms with Gasteiger partial charge in [0.1, 0.15) is 0 Å². The van der Waals surface area contributed by atoms with E-state index in [4.69, 9.17) is 17.2 Å². The van der Waals surface area contributed by atoms with E-state index in [9.17, 15) is 0 Å². The molecule has 0 amide bonds. The molecule has 0 fully saturated rings. The zero-order valence-corrected chi connectivity index (χ0v) is 37.3. The third-order valence-corrected chi connectivity index (χ3v) is 16.0. The molecule has 16 aromatic rings. The van der Waals surface area contributed by atoms with Crippen LogP contribution in [0.5, 0.6) is 0 Å². The molecule has 0 saturated heterocycles. The van der Waals surface area contributed by atoms with Gasteiger partial charge in [-0.15, -0.1) is 0 Å². The minimum Gasteiger partial charge on any atom is -0.398 e. The number of benzene rings is 16. The van der Waals surface area contributed by atoms with E-state index in [-0.39, 0.29) is 0 Å². The second-order valence-corrected chi connectivity index (χ2v) is 19.2. The summed E-state index contributed by atoms with van der Waals surface area (Å²) in [6.07, 6.45) is 0. The van der Waals surface area contributed by atoms with E-state index in [1.165, 1.54) is 113 Å². The monoisotopic (exact) mass is 873 g/mol. The van der Waals surface area contributed by atoms with Crippen molar-refractivity contribution in [3.05, 3.63) is 200 Å². The standard InChI is InChI=1S/C66H39N3/c67-64-61(52-31-28-49-40-19-4-13-34-10-1-16-37(55(34)40)43-22-7-25-46(52)58(43)49)65(68)63(54-33-30-51-42-21-6-15-36-12-3-18-39(57(36)42)45-24-9-27-48(54)60(45)51)66(69)62(64)53-32-29-50-41-20-5-14-35-11-2-17-38(56(35)41)44-23-8-26-47(53)59(44)50/h1-33H,67-69H2. The summed E-state index contributed by atoms with van der Waals surface area (Å²) in [7, 11) is 0. The van der Waals surface area contributed by atoms with Gasteiger partial charge in [-0.1, -0.05) is 200 Å². The highest BCUT2D eigenvalue weighted by Crippen LogP contribution is 2.56. The third-order valence-electron chi connectivity index (χ3n) is 16.0. The molecule has 69 heavy (non-hydrogen) atoms. The largest absolute Gasteiger partial charge is 0.398 e. The predicted octanol–water partition coefficient (Wildman–Crippen LogP) is 17.6. The number of nitrogens with two attached hydrogens (primary N) is 3. The van der Waals surface area contributed by atoms with Crippen LogP contribution < -0.4 is 17.2 Å². The van der Waals surface area contributed by atoms with E-state index in [0.29, 0.717) is 17.1 Å². The van der Waals surface area contributed by atoms with E-state index in [2.05, 4.69) is 200 Å². The maximum absolute atomic E-state index is 7.83. The average molecular weight is 874 g/mol. The zero-order chi connectivity index (χ0) is 45.4. The van der Waals surface area contributed by atoms with Crippen LogP contribution >= 0.6 is 0 Å². The molecule has 16 rings (SSSR count). The number of hydrogen-bond donors (Lipinski definition) is 3. The summed E-state index contributed by atoms with van der Waals surface area (Å²) in [6, 6.07) is 73.4. The molecule has 0 aromatic heterocycles. The van der Waals surface area contributed by atoms with Gasteiger partial charge in [0, 0.05) is 16.7 Å². The maximum Gasteiger partial charge on any atom is 0.0516 e. The fourth-order valence-electron chi connectivity index (χ4n) is 13.3. The Morgan fingerprint density at radius 3 is 0.609 bits per heavy atom. The lowest BCUT2D eigenvalue weighted by atomic mass is 9.81. The topological polar surface area (TPSA) is 78.1 Å². The fraction of sp³-hybridized carbons (Fsp3) is 0. The van der Waals surface area contributed by atoms with Crippen molar-refractivity contribution < 1.29 is 0 Å². The minimum absolute atomic E-state index is 0.565. The summed E-state index contributed by atoms with van der Waals surface area (Å²) in [4.78, 5) is 0. The lowest BCUT2D eigenvalue weighted by Gasteiger charge is -2.25. The van der Waals surface area contributed by atoms with Crippen LogP contribution in [0.15, 0.2) is 200 Å². The molecule has 0 bridgehead atoms. The molecule has 0 unspecified atom stereocenters. The number of rotatable bonds is 3. The highest BCUT2D eigenvalue weighted by Gasteiger charge is 2.28. The molecule has 0 aliphatic heterocycles. The van der Waals surface area contributed by atoms with Gasteiger partial charge in [0.25, 0.3) is 0 Å². The first-order valence-electron chi connectivity index (χ1n) is 23.8. The molecule has 3 heteroatoms. The van der Waals surface area contributed by atoms with Crippen molar-refractivity contribution in [2.24, 2.45) is 0 Å². The summed E-state index contributed by atoms with van der Waals surface area (Å²) in [5, 5.41) is 29.1. The minimum atomic E-state index is 0.565. The van der Waals surface area contributed by atoms with Crippen molar-refractivity contribution in [1.29, 1.82) is 0 Å². The van der Waals surface area contributed by atoms with Gasteiger partial charge in [0.15, 0.2) is 0 Å². The molecule has 0 aliphatic rings. The van der Waals surface area contributed by atoms with Crippen molar-refractivity contribution in [3.63, 3.8) is 0 Å². The van der Waals surface area contributed by atoms with Crippen LogP contribution in [-0.4, -0.2) is 0 Å². The summed E-state index contributed by atoms with van der Waals surface area (Å²) < 4.78 is 0. The Labute approximate surface area is 395 Å². The van der Waals surface area contributed by atoms with Crippen molar-refractivity contribution in [2.45, 2.75) is 0 Å². The van der Waals surface area contributed by atoms with Crippen LogP contribution in [0, 0.1) is 0 Å². The normalized spacial score (nSPS) is 12.5. The molecule has 318 valence electrons. The summed E-state index contributed by atoms with van der Waals surface area (Å²) in [5.74, 6) is 0. The number of nitrogen functional groups attached to an aromatic ring is 3. The molecule has 0 saturated carbocycles. The molecule has 0 aliphatic carbocycles. The Balaban J connectivity index is 1.07. The molecule has 6 N–H and O–H groups in total. The predicted molar refractivity (Wildman–Crippen MR) is 300 cm³/mol. The van der Waals surface area contributed by atoms with Gasteiger partial charge in [-0.3, -0.25) is 0 Å². The molecule has 3 nitrogen and oxygen atoms in total. The smallest absolute Gasteiger partial charge is 0.0516 e. The third kappa shape index (κ3) is 4.57. The van der Waals surface area contributed by atoms with Gasteiger partial charge in [-0.2, -0.15) is 0 Å². The SMILES string of the molecule is Nc1c(-c2ccc3c4cccc5cccc(c6cccc2c63)c54)c(N)c(-c2ccc3c4cccc5cccc(c6cccc2c63)c54)c(N)c1-c1ccc2c3cccc4cccc(c5cccc1c52)c43. The first kappa shape index (κ1) is 37.0. The molecule has 0 spiro atoms. The molecule has 0 radical (unpaired) electrons. The van der Waals surface area contributed by atoms with Crippen LogP contribution in [0.25, 0.3) is 163 Å². The van der Waals surface area contributed by atoms with E-state index < -0.39 is 0 Å². The zero-order valence-electron chi connectivity index (χ0n) is 37.3. The van der Waals surface area contributed by atoms with Crippen LogP contribution in [-0.2, 0) is 0 Å². The quantitative estimate of drug-likeness (QED) is 0.0940. The molecule has 0 heterocycles. The summed E-state index contributed by atoms with van der Waals surface area (Å²) in [5.41, 5.74) is 30.5. The van der Waals surface area contributed by atoms with Gasteiger partial charge >= 0.3 is 0 Å². The van der Waals surface area contributed by atoms with Gasteiger partial charge in [0.2, 0.25) is 0 Å². The molecule has 0 atom stereocenters. The van der Waals surface area contributed by atoms with Gasteiger partial charge in [-0.25, -0.2) is 0 Å². The molecule has 16 aromatic carbocycles. The molecular weight excluding hydrogens is 835 g/mol. The highest BCUT2D eigenvalue weighted by atomic mass is 14.7. The number of hydrogen-bond acceptors (Lipinski definition) is 3. The van der Waals surface area contributed by atoms with Crippen molar-refractivity contribution in [3.8, 4) is 33.4 Å². The first-order chi connectivity index (χ1) is 34.0. The van der Waals surface area contributed by atoms with Gasteiger partial charge in [-0.05, 0) is 146 Å². The van der Waals surface area contributed by atoms with Crippen LogP contribution in [0.3, 0.4) is 0 Å². The van der Waals surface area contributed by atoms with E-state index >= 15 is 0 Å². The van der Waals surface area contributed by atoms with E-state index in [0.717, 1.165) is 49.5 Å². The summed E-state index contributed by atoms with van der Waals surface area (Å²) >= 11 is 0. The lowest BCUT2D eigenvalue weighted by Crippen LogP contribution is -2.07. The first-order valence-corrected chi connectivity index (χ1v) is 23.8. The Kier molecular flexibility index (Phi) is 6.98. The highest BCUT2D eigenvalue weighted by molar-refractivity contribution is 6.38. The Morgan fingerprint density at radius 1 is 0.174 bits per heavy atom. The van der Waals surface area contributed by atoms with Crippen LogP contribution in [0.2, 0.25) is 0 Å². The second kappa shape index (κ2) is 13.0. The van der Waals surface area contributed by atoms with Crippen LogP contribution in [0.4, 0.5) is 17.1 Å². The van der Waals surface area contributed by atoms with Gasteiger partial charge in [0.05, 0.1) is 17.1 Å². The Bertz CT molecular complexity index is 4260. The maximum atomic E-state index is 7.83. The second-order valence-electron chi connectivity index (χ2n) is 19.2. The van der Waals surface area contributed by atoms with Crippen molar-refractivity contribution >= 4 is 146 Å². The Hall–Kier alpha value is -9.18. The number of fused-ring (bicyclic) bond motifs is 6. The van der Waals surface area contributed by atoms with E-state index in [1.54, 1.807) is 0 Å². The summed E-state index contributed by atoms with van der Waals surface area (Å²) in [6.45, 7) is 0. The Morgan fingerprint density at radius 2 is 0.362 bits per heavy atom. The van der Waals surface area contributed by atoms with Gasteiger partial charge < -0.3 is 17.2 Å². The van der Waals surface area contributed by atoms with Crippen LogP contribution in [0.1, 0.15) is 0 Å². The molecular formula is C66H39N3. The average Bonchev–Trinajstić information content (AvgIpc) is 3.39. The van der Waals surface area contributed by atoms with Crippen molar-refractivity contribution in [1.82, 2.24) is 0 Å².